The lowest BCUT2D eigenvalue weighted by molar-refractivity contribution is -0.139. The van der Waals surface area contributed by atoms with E-state index in [4.69, 9.17) is 14.2 Å². The van der Waals surface area contributed by atoms with Crippen LogP contribution in [0.2, 0.25) is 0 Å². The van der Waals surface area contributed by atoms with Gasteiger partial charge in [-0.05, 0) is 122 Å². The molecule has 1 atom stereocenters. The minimum atomic E-state index is -0.461. The quantitative estimate of drug-likeness (QED) is 0.0220. The summed E-state index contributed by atoms with van der Waals surface area (Å²) in [7, 11) is 0. The fourth-order valence-corrected chi connectivity index (χ4v) is 5.95. The first kappa shape index (κ1) is 43.5. The summed E-state index contributed by atoms with van der Waals surface area (Å²) in [5.74, 6) is -0.801. The van der Waals surface area contributed by atoms with E-state index in [1.165, 1.54) is 11.6 Å². The Labute approximate surface area is 335 Å². The lowest BCUT2D eigenvalue weighted by Gasteiger charge is -2.16. The number of benzene rings is 4. The highest BCUT2D eigenvalue weighted by molar-refractivity contribution is 5.89. The van der Waals surface area contributed by atoms with E-state index in [2.05, 4.69) is 90.3 Å². The first-order valence-corrected chi connectivity index (χ1v) is 19.3. The molecule has 11 nitrogen and oxygen atoms in total. The van der Waals surface area contributed by atoms with Gasteiger partial charge in [-0.25, -0.2) is 14.4 Å². The van der Waals surface area contributed by atoms with Crippen LogP contribution in [0.4, 0.5) is 22.7 Å². The predicted molar refractivity (Wildman–Crippen MR) is 224 cm³/mol. The van der Waals surface area contributed by atoms with E-state index in [1.54, 1.807) is 43.3 Å². The fraction of sp³-hybridized carbons (Fsp3) is 0.326. The van der Waals surface area contributed by atoms with Crippen molar-refractivity contribution in [1.29, 1.82) is 0 Å². The number of rotatable bonds is 23. The predicted octanol–water partition coefficient (Wildman–Crippen LogP) is 10.5. The van der Waals surface area contributed by atoms with Crippen LogP contribution < -0.4 is 10.6 Å². The van der Waals surface area contributed by atoms with Gasteiger partial charge in [0.2, 0.25) is 0 Å². The maximum atomic E-state index is 12.4. The summed E-state index contributed by atoms with van der Waals surface area (Å²) in [6, 6.07) is 26.6. The number of phenols is 1. The number of anilines is 2. The molecule has 0 amide bonds. The van der Waals surface area contributed by atoms with Crippen LogP contribution in [-0.2, 0) is 43.3 Å². The molecule has 11 heteroatoms. The van der Waals surface area contributed by atoms with Crippen LogP contribution in [0, 0.1) is 12.8 Å². The lowest BCUT2D eigenvalue weighted by atomic mass is 9.92. The highest BCUT2D eigenvalue weighted by Gasteiger charge is 2.12. The molecule has 1 unspecified atom stereocenters. The summed E-state index contributed by atoms with van der Waals surface area (Å²) in [4.78, 5) is 35.1. The van der Waals surface area contributed by atoms with Crippen molar-refractivity contribution in [3.63, 3.8) is 0 Å². The second-order valence-corrected chi connectivity index (χ2v) is 13.9. The number of ether oxygens (including phenoxy) is 3. The fourth-order valence-electron chi connectivity index (χ4n) is 5.95. The van der Waals surface area contributed by atoms with Gasteiger partial charge in [-0.15, -0.1) is 5.11 Å². The number of esters is 3. The maximum Gasteiger partial charge on any atom is 0.338 e. The SMILES string of the molecule is C=CC(=O)OCCC(CCC)Cc1ccc(NCc2ccc(NCc3ccc(N=Nc4ccc(C(=O)OCCCCOC(=O)C(=C)C)cc4)c(O)c3)c(C)c2)cc1. The first-order valence-electron chi connectivity index (χ1n) is 19.3. The van der Waals surface area contributed by atoms with Gasteiger partial charge in [0.1, 0.15) is 11.4 Å². The number of nitrogens with zero attached hydrogens (tertiary/aromatic N) is 2. The molecule has 300 valence electrons. The van der Waals surface area contributed by atoms with Crippen molar-refractivity contribution >= 4 is 40.7 Å². The molecule has 0 aromatic heterocycles. The Kier molecular flexibility index (Phi) is 17.5. The molecule has 0 radical (unpaired) electrons. The van der Waals surface area contributed by atoms with E-state index in [-0.39, 0.29) is 24.9 Å². The molecule has 0 aliphatic rings. The van der Waals surface area contributed by atoms with Crippen LogP contribution in [0.1, 0.15) is 78.6 Å². The van der Waals surface area contributed by atoms with E-state index in [1.807, 2.05) is 6.07 Å². The van der Waals surface area contributed by atoms with Gasteiger partial charge in [0.15, 0.2) is 0 Å². The summed E-state index contributed by atoms with van der Waals surface area (Å²) in [5.41, 5.74) is 8.03. The number of carbonyl (C=O) groups excluding carboxylic acids is 3. The number of unbranched alkanes of at least 4 members (excludes halogenated alkanes) is 1. The van der Waals surface area contributed by atoms with E-state index >= 15 is 0 Å². The Hall–Kier alpha value is -6.23. The number of hydrogen-bond acceptors (Lipinski definition) is 11. The second-order valence-electron chi connectivity index (χ2n) is 13.9. The van der Waals surface area contributed by atoms with Gasteiger partial charge in [-0.3, -0.25) is 0 Å². The molecule has 4 rings (SSSR count). The normalized spacial score (nSPS) is 11.4. The smallest absolute Gasteiger partial charge is 0.338 e. The average molecular weight is 775 g/mol. The van der Waals surface area contributed by atoms with E-state index in [0.29, 0.717) is 61.0 Å². The van der Waals surface area contributed by atoms with Gasteiger partial charge < -0.3 is 30.0 Å². The second kappa shape index (κ2) is 23.0. The Bertz CT molecular complexity index is 1990. The van der Waals surface area contributed by atoms with Gasteiger partial charge in [0.05, 0.1) is 31.1 Å². The zero-order valence-corrected chi connectivity index (χ0v) is 33.2. The van der Waals surface area contributed by atoms with E-state index < -0.39 is 11.9 Å². The molecular weight excluding hydrogens is 721 g/mol. The molecule has 0 aliphatic carbocycles. The monoisotopic (exact) mass is 774 g/mol. The van der Waals surface area contributed by atoms with Gasteiger partial charge >= 0.3 is 17.9 Å². The highest BCUT2D eigenvalue weighted by Crippen LogP contribution is 2.30. The molecule has 0 bridgehead atoms. The minimum absolute atomic E-state index is 0.00568. The van der Waals surface area contributed by atoms with Crippen molar-refractivity contribution in [2.24, 2.45) is 16.1 Å². The molecular formula is C46H54N4O7. The number of phenolic OH excluding ortho intramolecular Hbond substituents is 1. The number of hydrogen-bond donors (Lipinski definition) is 3. The zero-order valence-electron chi connectivity index (χ0n) is 33.2. The minimum Gasteiger partial charge on any atom is -0.506 e. The standard InChI is InChI=1S/C46H54N4O7/c1-6-10-34(23-26-55-44(52)7-2)28-35-11-17-39(18-12-35)47-30-36-13-21-41(33(5)27-36)48-31-37-14-22-42(43(51)29-37)50-49-40-19-15-38(16-20-40)46(54)57-25-9-8-24-56-45(53)32(3)4/h7,11-22,27,29,34,47-48,51H,2-3,6,8-10,23-26,28,30-31H2,1,4-5H3. The summed E-state index contributed by atoms with van der Waals surface area (Å²) in [6.45, 7) is 14.9. The van der Waals surface area contributed by atoms with Crippen molar-refractivity contribution in [2.75, 3.05) is 30.5 Å². The summed E-state index contributed by atoms with van der Waals surface area (Å²) in [6.07, 6.45) is 6.29. The Morgan fingerprint density at radius 3 is 2.12 bits per heavy atom. The molecule has 0 heterocycles. The molecule has 4 aromatic rings. The van der Waals surface area contributed by atoms with Gasteiger partial charge in [-0.1, -0.05) is 63.3 Å². The van der Waals surface area contributed by atoms with Crippen molar-refractivity contribution in [1.82, 2.24) is 0 Å². The Morgan fingerprint density at radius 2 is 1.46 bits per heavy atom. The van der Waals surface area contributed by atoms with E-state index in [0.717, 1.165) is 53.7 Å². The van der Waals surface area contributed by atoms with Gasteiger partial charge in [0.25, 0.3) is 0 Å². The van der Waals surface area contributed by atoms with Crippen molar-refractivity contribution in [3.8, 4) is 5.75 Å². The largest absolute Gasteiger partial charge is 0.506 e. The first-order chi connectivity index (χ1) is 27.5. The van der Waals surface area contributed by atoms with Crippen LogP contribution in [0.5, 0.6) is 5.75 Å². The number of aromatic hydroxyl groups is 1. The van der Waals surface area contributed by atoms with Crippen LogP contribution in [-0.4, -0.2) is 42.8 Å². The van der Waals surface area contributed by atoms with E-state index in [9.17, 15) is 19.5 Å². The molecule has 0 saturated carbocycles. The van der Waals surface area contributed by atoms with Crippen LogP contribution >= 0.6 is 0 Å². The summed E-state index contributed by atoms with van der Waals surface area (Å²) < 4.78 is 15.5. The molecule has 4 aromatic carbocycles. The Balaban J connectivity index is 1.19. The number of carbonyl (C=O) groups is 3. The third-order valence-electron chi connectivity index (χ3n) is 9.15. The third-order valence-corrected chi connectivity index (χ3v) is 9.15. The average Bonchev–Trinajstić information content (AvgIpc) is 3.21. The molecule has 0 saturated heterocycles. The molecule has 0 spiro atoms. The van der Waals surface area contributed by atoms with Crippen LogP contribution in [0.25, 0.3) is 0 Å². The van der Waals surface area contributed by atoms with Crippen molar-refractivity contribution in [2.45, 2.75) is 72.4 Å². The lowest BCUT2D eigenvalue weighted by Crippen LogP contribution is -2.11. The van der Waals surface area contributed by atoms with Gasteiger partial charge in [-0.2, -0.15) is 5.11 Å². The molecule has 0 aliphatic heterocycles. The van der Waals surface area contributed by atoms with Crippen molar-refractivity contribution in [3.05, 3.63) is 138 Å². The Morgan fingerprint density at radius 1 is 0.789 bits per heavy atom. The topological polar surface area (TPSA) is 148 Å². The summed E-state index contributed by atoms with van der Waals surface area (Å²) >= 11 is 0. The summed E-state index contributed by atoms with van der Waals surface area (Å²) in [5, 5.41) is 26.0. The van der Waals surface area contributed by atoms with Gasteiger partial charge in [0, 0.05) is 36.1 Å². The van der Waals surface area contributed by atoms with Crippen LogP contribution in [0.15, 0.2) is 120 Å². The van der Waals surface area contributed by atoms with Crippen LogP contribution in [0.3, 0.4) is 0 Å². The third kappa shape index (κ3) is 15.1. The number of nitrogens with one attached hydrogen (secondary N) is 2. The zero-order chi connectivity index (χ0) is 41.0. The molecule has 3 N–H and O–H groups in total. The number of azo groups is 1. The van der Waals surface area contributed by atoms with Crippen molar-refractivity contribution < 1.29 is 33.7 Å². The maximum absolute atomic E-state index is 12.4. The molecule has 57 heavy (non-hydrogen) atoms. The number of aryl methyl sites for hydroxylation is 1. The highest BCUT2D eigenvalue weighted by atomic mass is 16.5. The molecule has 0 fully saturated rings.